The molecule has 0 spiro atoms. The molecule has 0 N–H and O–H groups in total. The number of hydrogen-bond acceptors (Lipinski definition) is 1. The lowest BCUT2D eigenvalue weighted by Crippen LogP contribution is -1.95. The van der Waals surface area contributed by atoms with Crippen molar-refractivity contribution in [3.05, 3.63) is 163 Å². The molecule has 2 heterocycles. The Balaban J connectivity index is 1.41. The van der Waals surface area contributed by atoms with Gasteiger partial charge in [0.2, 0.25) is 0 Å². The van der Waals surface area contributed by atoms with E-state index in [0.717, 1.165) is 5.69 Å². The lowest BCUT2D eigenvalue weighted by atomic mass is 9.89. The summed E-state index contributed by atoms with van der Waals surface area (Å²) in [6, 6.07) is 51.2. The summed E-state index contributed by atoms with van der Waals surface area (Å²) in [5.41, 5.74) is 7.33. The van der Waals surface area contributed by atoms with Crippen molar-refractivity contribution in [2.75, 3.05) is 0 Å². The molecular formula is C47H31NS. The van der Waals surface area contributed by atoms with Crippen LogP contribution < -0.4 is 0 Å². The molecule has 10 aromatic rings. The number of nitrogens with zero attached hydrogens (tertiary/aromatic N) is 1. The number of benzene rings is 8. The van der Waals surface area contributed by atoms with E-state index in [-0.39, 0.29) is 0 Å². The van der Waals surface area contributed by atoms with Crippen LogP contribution in [0.25, 0.3) is 104 Å². The summed E-state index contributed by atoms with van der Waals surface area (Å²) in [6.45, 7) is 6.40. The Hall–Kier alpha value is -5.96. The van der Waals surface area contributed by atoms with Gasteiger partial charge in [0.05, 0.1) is 15.7 Å². The second kappa shape index (κ2) is 10.8. The largest absolute Gasteiger partial charge is 0.308 e. The lowest BCUT2D eigenvalue weighted by molar-refractivity contribution is 1.19. The highest BCUT2D eigenvalue weighted by molar-refractivity contribution is 7.21. The number of thiophene rings is 1. The summed E-state index contributed by atoms with van der Waals surface area (Å²) >= 11 is 1.86. The van der Waals surface area contributed by atoms with E-state index in [1.54, 1.807) is 0 Å². The molecule has 8 aromatic carbocycles. The van der Waals surface area contributed by atoms with Crippen molar-refractivity contribution >= 4 is 98.5 Å². The van der Waals surface area contributed by atoms with E-state index in [9.17, 15) is 0 Å². The zero-order valence-electron chi connectivity index (χ0n) is 27.1. The monoisotopic (exact) mass is 641 g/mol. The molecule has 0 aliphatic rings. The van der Waals surface area contributed by atoms with Crippen LogP contribution in [0.1, 0.15) is 17.4 Å². The molecule has 0 fully saturated rings. The summed E-state index contributed by atoms with van der Waals surface area (Å²) in [4.78, 5) is 1.20. The maximum Gasteiger partial charge on any atom is 0.0726 e. The van der Waals surface area contributed by atoms with Crippen LogP contribution in [0.5, 0.6) is 0 Å². The first-order chi connectivity index (χ1) is 24.3. The van der Waals surface area contributed by atoms with E-state index in [1.807, 2.05) is 17.4 Å². The minimum atomic E-state index is 1.15. The Labute approximate surface area is 288 Å². The molecule has 2 aromatic heterocycles. The third-order valence-electron chi connectivity index (χ3n) is 10.2. The van der Waals surface area contributed by atoms with Gasteiger partial charge in [-0.25, -0.2) is 0 Å². The second-order valence-electron chi connectivity index (χ2n) is 12.8. The Morgan fingerprint density at radius 2 is 1.14 bits per heavy atom. The van der Waals surface area contributed by atoms with Gasteiger partial charge < -0.3 is 4.57 Å². The minimum absolute atomic E-state index is 1.15. The third-order valence-corrected chi connectivity index (χ3v) is 11.4. The molecule has 0 saturated heterocycles. The summed E-state index contributed by atoms with van der Waals surface area (Å²) in [5.74, 6) is 0. The average Bonchev–Trinajstić information content (AvgIpc) is 3.71. The molecule has 49 heavy (non-hydrogen) atoms. The average molecular weight is 642 g/mol. The van der Waals surface area contributed by atoms with Gasteiger partial charge in [0, 0.05) is 43.1 Å². The smallest absolute Gasteiger partial charge is 0.0726 e. The first-order valence-electron chi connectivity index (χ1n) is 16.9. The Morgan fingerprint density at radius 3 is 1.84 bits per heavy atom. The van der Waals surface area contributed by atoms with Crippen molar-refractivity contribution in [1.82, 2.24) is 4.57 Å². The van der Waals surface area contributed by atoms with Crippen LogP contribution in [0, 0.1) is 0 Å². The first kappa shape index (κ1) is 28.1. The molecule has 1 nitrogen and oxygen atoms in total. The van der Waals surface area contributed by atoms with Crippen LogP contribution in [0.4, 0.5) is 0 Å². The molecule has 0 bridgehead atoms. The molecule has 0 aliphatic heterocycles. The van der Waals surface area contributed by atoms with E-state index < -0.39 is 0 Å². The maximum atomic E-state index is 4.29. The quantitative estimate of drug-likeness (QED) is 0.169. The fourth-order valence-corrected chi connectivity index (χ4v) is 9.45. The van der Waals surface area contributed by atoms with E-state index in [2.05, 4.69) is 170 Å². The molecule has 0 saturated carbocycles. The van der Waals surface area contributed by atoms with Gasteiger partial charge in [-0.05, 0) is 68.6 Å². The molecule has 10 rings (SSSR count). The highest BCUT2D eigenvalue weighted by Crippen LogP contribution is 2.51. The third kappa shape index (κ3) is 3.93. The number of hydrogen-bond donors (Lipinski definition) is 0. The molecule has 0 amide bonds. The predicted molar refractivity (Wildman–Crippen MR) is 216 cm³/mol. The minimum Gasteiger partial charge on any atom is -0.308 e. The lowest BCUT2D eigenvalue weighted by Gasteiger charge is -2.15. The van der Waals surface area contributed by atoms with Gasteiger partial charge in [-0.15, -0.1) is 11.3 Å². The topological polar surface area (TPSA) is 4.93 Å². The molecule has 0 atom stereocenters. The number of para-hydroxylation sites is 1. The SMILES string of the molecule is C=Cc1sc2c(c1/C=C\C)c1c3ccccc3c3ccccc3c1c1c3ccccc3n(-c3ccc(-c4cccc5ccccc45)cc3)c21. The van der Waals surface area contributed by atoms with Crippen molar-refractivity contribution in [3.8, 4) is 16.8 Å². The maximum absolute atomic E-state index is 4.29. The molecule has 2 heteroatoms. The first-order valence-corrected chi connectivity index (χ1v) is 17.7. The van der Waals surface area contributed by atoms with Gasteiger partial charge in [0.25, 0.3) is 0 Å². The van der Waals surface area contributed by atoms with Crippen molar-refractivity contribution in [1.29, 1.82) is 0 Å². The van der Waals surface area contributed by atoms with Crippen LogP contribution in [0.15, 0.2) is 152 Å². The number of allylic oxidation sites excluding steroid dienone is 1. The van der Waals surface area contributed by atoms with Gasteiger partial charge in [-0.2, -0.15) is 0 Å². The highest BCUT2D eigenvalue weighted by atomic mass is 32.1. The fourth-order valence-electron chi connectivity index (χ4n) is 8.26. The number of rotatable bonds is 4. The summed E-state index contributed by atoms with van der Waals surface area (Å²) in [7, 11) is 0. The predicted octanol–water partition coefficient (Wildman–Crippen LogP) is 14.0. The van der Waals surface area contributed by atoms with Crippen LogP contribution in [-0.4, -0.2) is 4.57 Å². The Kier molecular flexibility index (Phi) is 6.18. The van der Waals surface area contributed by atoms with Gasteiger partial charge in [0.15, 0.2) is 0 Å². The molecule has 0 unspecified atom stereocenters. The van der Waals surface area contributed by atoms with E-state index in [1.165, 1.54) is 96.5 Å². The van der Waals surface area contributed by atoms with Gasteiger partial charge in [-0.3, -0.25) is 0 Å². The number of fused-ring (bicyclic) bond motifs is 14. The Bertz CT molecular complexity index is 3000. The van der Waals surface area contributed by atoms with Crippen molar-refractivity contribution in [2.45, 2.75) is 6.92 Å². The standard InChI is InChI=1S/C47H31NS/c1-3-14-39-41(4-2)49-47-45(39)43-37-21-10-8-19-35(37)34-18-7-9-20-36(34)42(43)44-38-22-11-12-24-40(38)48(46(44)47)31-27-25-30(26-28-31)33-23-13-16-29-15-5-6-17-32(29)33/h3-28H,2H2,1H3/b14-3-. The van der Waals surface area contributed by atoms with Crippen LogP contribution in [0.3, 0.4) is 0 Å². The van der Waals surface area contributed by atoms with E-state index >= 15 is 0 Å². The summed E-state index contributed by atoms with van der Waals surface area (Å²) in [5, 5.41) is 14.2. The van der Waals surface area contributed by atoms with Crippen molar-refractivity contribution < 1.29 is 0 Å². The van der Waals surface area contributed by atoms with Crippen molar-refractivity contribution in [3.63, 3.8) is 0 Å². The highest BCUT2D eigenvalue weighted by Gasteiger charge is 2.25. The van der Waals surface area contributed by atoms with E-state index in [4.69, 9.17) is 0 Å². The summed E-state index contributed by atoms with van der Waals surface area (Å²) in [6.07, 6.45) is 6.47. The van der Waals surface area contributed by atoms with Crippen LogP contribution in [-0.2, 0) is 0 Å². The summed E-state index contributed by atoms with van der Waals surface area (Å²) < 4.78 is 3.80. The normalized spacial score (nSPS) is 12.2. The Morgan fingerprint density at radius 1 is 0.551 bits per heavy atom. The fraction of sp³-hybridized carbons (Fsp3) is 0.0213. The van der Waals surface area contributed by atoms with Gasteiger partial charge >= 0.3 is 0 Å². The molecular weight excluding hydrogens is 611 g/mol. The second-order valence-corrected chi connectivity index (χ2v) is 13.8. The molecule has 230 valence electrons. The van der Waals surface area contributed by atoms with E-state index in [0.29, 0.717) is 0 Å². The zero-order chi connectivity index (χ0) is 32.6. The van der Waals surface area contributed by atoms with Crippen molar-refractivity contribution in [2.24, 2.45) is 0 Å². The van der Waals surface area contributed by atoms with Gasteiger partial charge in [-0.1, -0.05) is 146 Å². The molecule has 0 aliphatic carbocycles. The van der Waals surface area contributed by atoms with Crippen LogP contribution >= 0.6 is 11.3 Å². The number of aromatic nitrogens is 1. The molecule has 0 radical (unpaired) electrons. The zero-order valence-corrected chi connectivity index (χ0v) is 27.9. The van der Waals surface area contributed by atoms with Gasteiger partial charge in [0.1, 0.15) is 0 Å². The van der Waals surface area contributed by atoms with Crippen LogP contribution in [0.2, 0.25) is 0 Å².